The molecule has 122 valence electrons. The van der Waals surface area contributed by atoms with Gasteiger partial charge in [-0.2, -0.15) is 0 Å². The Morgan fingerprint density at radius 3 is 2.61 bits per heavy atom. The van der Waals surface area contributed by atoms with E-state index in [-0.39, 0.29) is 5.91 Å². The summed E-state index contributed by atoms with van der Waals surface area (Å²) < 4.78 is 5.24. The Morgan fingerprint density at radius 2 is 1.91 bits per heavy atom. The molecule has 0 spiro atoms. The molecule has 0 saturated heterocycles. The van der Waals surface area contributed by atoms with E-state index in [1.807, 2.05) is 39.0 Å². The topological polar surface area (TPSA) is 50.4 Å². The number of methoxy groups -OCH3 is 1. The molecule has 4 nitrogen and oxygen atoms in total. The maximum Gasteiger partial charge on any atom is 0.246 e. The highest BCUT2D eigenvalue weighted by atomic mass is 35.5. The molecule has 5 heteroatoms. The molecule has 0 radical (unpaired) electrons. The summed E-state index contributed by atoms with van der Waals surface area (Å²) in [5.74, 6) is 0.410. The third-order valence-electron chi connectivity index (χ3n) is 3.79. The van der Waals surface area contributed by atoms with Crippen LogP contribution in [0.15, 0.2) is 36.4 Å². The normalized spacial score (nSPS) is 11.7. The van der Waals surface area contributed by atoms with Crippen LogP contribution in [0.4, 0.5) is 11.4 Å². The summed E-state index contributed by atoms with van der Waals surface area (Å²) in [6.07, 6.45) is 0. The van der Waals surface area contributed by atoms with Crippen molar-refractivity contribution in [3.8, 4) is 5.75 Å². The second-order valence-corrected chi connectivity index (χ2v) is 5.88. The van der Waals surface area contributed by atoms with Gasteiger partial charge in [-0.1, -0.05) is 23.7 Å². The van der Waals surface area contributed by atoms with E-state index in [1.54, 1.807) is 25.3 Å². The number of aryl methyl sites for hydroxylation is 1. The molecule has 0 bridgehead atoms. The average molecular weight is 333 g/mol. The van der Waals surface area contributed by atoms with Crippen LogP contribution in [-0.4, -0.2) is 19.1 Å². The van der Waals surface area contributed by atoms with E-state index in [0.29, 0.717) is 16.5 Å². The number of hydrogen-bond acceptors (Lipinski definition) is 3. The Balaban J connectivity index is 2.11. The van der Waals surface area contributed by atoms with Crippen LogP contribution in [-0.2, 0) is 4.79 Å². The summed E-state index contributed by atoms with van der Waals surface area (Å²) in [6.45, 7) is 5.89. The van der Waals surface area contributed by atoms with E-state index in [9.17, 15) is 4.79 Å². The van der Waals surface area contributed by atoms with Crippen molar-refractivity contribution in [3.63, 3.8) is 0 Å². The van der Waals surface area contributed by atoms with Gasteiger partial charge in [-0.05, 0) is 56.2 Å². The van der Waals surface area contributed by atoms with E-state index in [0.717, 1.165) is 11.3 Å². The quantitative estimate of drug-likeness (QED) is 0.853. The number of nitrogens with one attached hydrogen (secondary N) is 2. The van der Waals surface area contributed by atoms with E-state index < -0.39 is 6.04 Å². The third kappa shape index (κ3) is 4.17. The van der Waals surface area contributed by atoms with Crippen LogP contribution in [0, 0.1) is 13.8 Å². The molecule has 1 unspecified atom stereocenters. The molecule has 0 fully saturated rings. The number of benzene rings is 2. The van der Waals surface area contributed by atoms with E-state index in [4.69, 9.17) is 16.3 Å². The molecule has 1 atom stereocenters. The first-order chi connectivity index (χ1) is 10.9. The predicted molar refractivity (Wildman–Crippen MR) is 95.6 cm³/mol. The van der Waals surface area contributed by atoms with Gasteiger partial charge in [0.05, 0.1) is 12.8 Å². The first kappa shape index (κ1) is 17.2. The highest BCUT2D eigenvalue weighted by molar-refractivity contribution is 6.31. The minimum Gasteiger partial charge on any atom is -0.495 e. The van der Waals surface area contributed by atoms with Crippen LogP contribution in [0.2, 0.25) is 5.02 Å². The van der Waals surface area contributed by atoms with Crippen LogP contribution in [0.25, 0.3) is 0 Å². The van der Waals surface area contributed by atoms with Gasteiger partial charge in [0.25, 0.3) is 0 Å². The Hall–Kier alpha value is -2.20. The van der Waals surface area contributed by atoms with Crippen molar-refractivity contribution in [2.45, 2.75) is 26.8 Å². The molecular weight excluding hydrogens is 312 g/mol. The maximum absolute atomic E-state index is 12.4. The van der Waals surface area contributed by atoms with Crippen LogP contribution < -0.4 is 15.4 Å². The average Bonchev–Trinajstić information content (AvgIpc) is 2.52. The number of ether oxygens (including phenoxy) is 1. The lowest BCUT2D eigenvalue weighted by Gasteiger charge is -2.18. The number of carbonyl (C=O) groups is 1. The van der Waals surface area contributed by atoms with Crippen LogP contribution in [0.5, 0.6) is 5.75 Å². The molecule has 2 aromatic rings. The van der Waals surface area contributed by atoms with Gasteiger partial charge >= 0.3 is 0 Å². The SMILES string of the molecule is COc1ccc(Cl)cc1NC(=O)C(C)Nc1cccc(C)c1C. The van der Waals surface area contributed by atoms with Crippen LogP contribution >= 0.6 is 11.6 Å². The fraction of sp³-hybridized carbons (Fsp3) is 0.278. The molecule has 0 aliphatic heterocycles. The number of carbonyl (C=O) groups excluding carboxylic acids is 1. The van der Waals surface area contributed by atoms with Crippen LogP contribution in [0.1, 0.15) is 18.1 Å². The molecule has 2 rings (SSSR count). The van der Waals surface area contributed by atoms with Crippen molar-refractivity contribution < 1.29 is 9.53 Å². The monoisotopic (exact) mass is 332 g/mol. The predicted octanol–water partition coefficient (Wildman–Crippen LogP) is 4.40. The van der Waals surface area contributed by atoms with Crippen molar-refractivity contribution in [2.75, 3.05) is 17.7 Å². The van der Waals surface area contributed by atoms with Gasteiger partial charge in [0.15, 0.2) is 0 Å². The zero-order valence-corrected chi connectivity index (χ0v) is 14.5. The fourth-order valence-corrected chi connectivity index (χ4v) is 2.40. The number of halogens is 1. The molecule has 2 N–H and O–H groups in total. The highest BCUT2D eigenvalue weighted by Gasteiger charge is 2.16. The summed E-state index contributed by atoms with van der Waals surface area (Å²) in [5, 5.41) is 6.62. The smallest absolute Gasteiger partial charge is 0.246 e. The van der Waals surface area contributed by atoms with Crippen LogP contribution in [0.3, 0.4) is 0 Å². The van der Waals surface area contributed by atoms with Crippen molar-refractivity contribution in [3.05, 3.63) is 52.5 Å². The summed E-state index contributed by atoms with van der Waals surface area (Å²) in [5.41, 5.74) is 3.82. The summed E-state index contributed by atoms with van der Waals surface area (Å²) in [6, 6.07) is 10.7. The number of rotatable bonds is 5. The van der Waals surface area contributed by atoms with Gasteiger partial charge in [-0.25, -0.2) is 0 Å². The number of anilines is 2. The van der Waals surface area contributed by atoms with Crippen molar-refractivity contribution in [1.82, 2.24) is 0 Å². The number of hydrogen-bond donors (Lipinski definition) is 2. The summed E-state index contributed by atoms with van der Waals surface area (Å²) >= 11 is 5.98. The summed E-state index contributed by atoms with van der Waals surface area (Å²) in [4.78, 5) is 12.4. The largest absolute Gasteiger partial charge is 0.495 e. The first-order valence-electron chi connectivity index (χ1n) is 7.39. The second kappa shape index (κ2) is 7.38. The Morgan fingerprint density at radius 1 is 1.17 bits per heavy atom. The van der Waals surface area contributed by atoms with Gasteiger partial charge in [0.1, 0.15) is 11.8 Å². The number of amides is 1. The van der Waals surface area contributed by atoms with Crippen molar-refractivity contribution >= 4 is 28.9 Å². The van der Waals surface area contributed by atoms with Gasteiger partial charge in [0.2, 0.25) is 5.91 Å². The van der Waals surface area contributed by atoms with Crippen molar-refractivity contribution in [2.24, 2.45) is 0 Å². The highest BCUT2D eigenvalue weighted by Crippen LogP contribution is 2.28. The van der Waals surface area contributed by atoms with Gasteiger partial charge in [-0.15, -0.1) is 0 Å². The molecule has 0 aliphatic rings. The minimum atomic E-state index is -0.404. The standard InChI is InChI=1S/C18H21ClN2O2/c1-11-6-5-7-15(12(11)2)20-13(3)18(22)21-16-10-14(19)8-9-17(16)23-4/h5-10,13,20H,1-4H3,(H,21,22). The zero-order chi connectivity index (χ0) is 17.0. The molecule has 1 amide bonds. The van der Waals surface area contributed by atoms with Gasteiger partial charge in [0, 0.05) is 10.7 Å². The minimum absolute atomic E-state index is 0.161. The molecular formula is C18H21ClN2O2. The molecule has 0 saturated carbocycles. The van der Waals surface area contributed by atoms with Crippen molar-refractivity contribution in [1.29, 1.82) is 0 Å². The first-order valence-corrected chi connectivity index (χ1v) is 7.77. The van der Waals surface area contributed by atoms with Gasteiger partial charge < -0.3 is 15.4 Å². The lowest BCUT2D eigenvalue weighted by molar-refractivity contribution is -0.116. The molecule has 0 aromatic heterocycles. The Labute approximate surface area is 141 Å². The molecule has 0 aliphatic carbocycles. The van der Waals surface area contributed by atoms with E-state index in [2.05, 4.69) is 10.6 Å². The molecule has 2 aromatic carbocycles. The second-order valence-electron chi connectivity index (χ2n) is 5.45. The third-order valence-corrected chi connectivity index (χ3v) is 4.02. The molecule has 0 heterocycles. The molecule has 23 heavy (non-hydrogen) atoms. The van der Waals surface area contributed by atoms with E-state index >= 15 is 0 Å². The lowest BCUT2D eigenvalue weighted by atomic mass is 10.1. The Bertz CT molecular complexity index is 716. The lowest BCUT2D eigenvalue weighted by Crippen LogP contribution is -2.32. The Kier molecular flexibility index (Phi) is 5.50. The van der Waals surface area contributed by atoms with Gasteiger partial charge in [-0.3, -0.25) is 4.79 Å². The maximum atomic E-state index is 12.4. The zero-order valence-electron chi connectivity index (χ0n) is 13.7. The fourth-order valence-electron chi connectivity index (χ4n) is 2.23. The summed E-state index contributed by atoms with van der Waals surface area (Å²) in [7, 11) is 1.55. The van der Waals surface area contributed by atoms with E-state index in [1.165, 1.54) is 5.56 Å².